The number of amides is 1. The fraction of sp³-hybridized carbons (Fsp3) is 0.100. The largest absolute Gasteiger partial charge is 0.343 e. The number of thiophene rings is 1. The number of hydrogen-bond acceptors (Lipinski definition) is 5. The molecule has 1 aromatic heterocycles. The molecule has 2 N–H and O–H groups in total. The van der Waals surface area contributed by atoms with Gasteiger partial charge in [0.15, 0.2) is 0 Å². The van der Waals surface area contributed by atoms with E-state index in [0.29, 0.717) is 5.56 Å². The molecule has 0 aliphatic carbocycles. The van der Waals surface area contributed by atoms with Crippen LogP contribution in [0.25, 0.3) is 0 Å². The van der Waals surface area contributed by atoms with Crippen LogP contribution in [-0.4, -0.2) is 26.7 Å². The molecule has 1 atom stereocenters. The molecule has 1 unspecified atom stereocenters. The minimum absolute atomic E-state index is 0.141. The maximum atomic E-state index is 13.3. The smallest absolute Gasteiger partial charge is 0.263 e. The molecule has 2 heterocycles. The van der Waals surface area contributed by atoms with Crippen LogP contribution in [0.5, 0.6) is 0 Å². The number of rotatable bonds is 5. The van der Waals surface area contributed by atoms with Gasteiger partial charge in [-0.3, -0.25) is 14.5 Å². The first-order chi connectivity index (χ1) is 13.9. The Morgan fingerprint density at radius 2 is 1.86 bits per heavy atom. The minimum Gasteiger partial charge on any atom is -0.343 e. The predicted molar refractivity (Wildman–Crippen MR) is 109 cm³/mol. The third-order valence-electron chi connectivity index (χ3n) is 4.38. The molecule has 2 aromatic carbocycles. The maximum Gasteiger partial charge on any atom is 0.263 e. The Hall–Kier alpha value is -3.04. The molecule has 1 amide bonds. The first-order valence-electron chi connectivity index (χ1n) is 8.69. The van der Waals surface area contributed by atoms with Gasteiger partial charge in [0.2, 0.25) is 5.91 Å². The molecular weight excluding hydrogens is 413 g/mol. The molecule has 1 aliphatic rings. The Bertz CT molecular complexity index is 1170. The van der Waals surface area contributed by atoms with E-state index in [1.165, 1.54) is 29.5 Å². The Balaban J connectivity index is 1.54. The van der Waals surface area contributed by atoms with E-state index < -0.39 is 16.1 Å². The van der Waals surface area contributed by atoms with Gasteiger partial charge in [-0.1, -0.05) is 30.3 Å². The van der Waals surface area contributed by atoms with Crippen LogP contribution < -0.4 is 10.0 Å². The summed E-state index contributed by atoms with van der Waals surface area (Å²) in [6.45, 7) is -0.255. The molecule has 0 radical (unpaired) electrons. The minimum atomic E-state index is -3.65. The highest BCUT2D eigenvalue weighted by Gasteiger charge is 2.30. The van der Waals surface area contributed by atoms with Gasteiger partial charge in [0.25, 0.3) is 10.0 Å². The fourth-order valence-electron chi connectivity index (χ4n) is 3.04. The number of aliphatic imine (C=N–C) groups is 1. The first-order valence-corrected chi connectivity index (χ1v) is 11.1. The van der Waals surface area contributed by atoms with Gasteiger partial charge in [-0.05, 0) is 41.3 Å². The highest BCUT2D eigenvalue weighted by Crippen LogP contribution is 2.26. The molecule has 1 aliphatic heterocycles. The highest BCUT2D eigenvalue weighted by atomic mass is 32.2. The highest BCUT2D eigenvalue weighted by molar-refractivity contribution is 7.90. The van der Waals surface area contributed by atoms with E-state index in [1.807, 2.05) is 17.5 Å². The van der Waals surface area contributed by atoms with Crippen molar-refractivity contribution >= 4 is 33.1 Å². The lowest BCUT2D eigenvalue weighted by Gasteiger charge is -2.17. The van der Waals surface area contributed by atoms with E-state index in [1.54, 1.807) is 30.3 Å². The Labute approximate surface area is 171 Å². The number of hydrogen-bond donors (Lipinski definition) is 2. The molecule has 4 rings (SSSR count). The van der Waals surface area contributed by atoms with Crippen molar-refractivity contribution in [3.05, 3.63) is 87.9 Å². The van der Waals surface area contributed by atoms with E-state index >= 15 is 0 Å². The summed E-state index contributed by atoms with van der Waals surface area (Å²) in [7, 11) is -3.65. The first kappa shape index (κ1) is 19.3. The molecule has 0 spiro atoms. The van der Waals surface area contributed by atoms with Crippen LogP contribution in [0.1, 0.15) is 22.0 Å². The number of halogens is 1. The molecule has 9 heteroatoms. The van der Waals surface area contributed by atoms with E-state index in [4.69, 9.17) is 0 Å². The van der Waals surface area contributed by atoms with Crippen molar-refractivity contribution in [1.82, 2.24) is 10.0 Å². The van der Waals surface area contributed by atoms with Crippen molar-refractivity contribution in [1.29, 1.82) is 0 Å². The Morgan fingerprint density at radius 3 is 2.59 bits per heavy atom. The fourth-order valence-corrected chi connectivity index (χ4v) is 5.09. The summed E-state index contributed by atoms with van der Waals surface area (Å²) in [5.74, 6) is -0.599. The van der Waals surface area contributed by atoms with E-state index in [-0.39, 0.29) is 29.0 Å². The van der Waals surface area contributed by atoms with Crippen molar-refractivity contribution in [2.24, 2.45) is 4.99 Å². The standard InChI is InChI=1S/C20H16FN3O3S2/c21-14-9-7-13(8-10-14)19(16-5-3-11-28-16)23-18(25)12-22-20-15-4-1-2-6-17(15)29(26,27)24-20/h1-11,19H,12H2,(H,22,24)(H,23,25). The van der Waals surface area contributed by atoms with Gasteiger partial charge in [0.05, 0.1) is 10.9 Å². The lowest BCUT2D eigenvalue weighted by atomic mass is 10.1. The molecular formula is C20H16FN3O3S2. The second-order valence-electron chi connectivity index (χ2n) is 6.33. The normalized spacial score (nSPS) is 16.8. The molecule has 0 fully saturated rings. The van der Waals surface area contributed by atoms with E-state index in [9.17, 15) is 17.6 Å². The van der Waals surface area contributed by atoms with Gasteiger partial charge in [-0.25, -0.2) is 12.8 Å². The molecule has 0 saturated carbocycles. The zero-order valence-corrected chi connectivity index (χ0v) is 16.6. The summed E-state index contributed by atoms with van der Waals surface area (Å²) in [6.07, 6.45) is 0. The van der Waals surface area contributed by atoms with Crippen LogP contribution in [0.3, 0.4) is 0 Å². The summed E-state index contributed by atoms with van der Waals surface area (Å²) in [4.78, 5) is 17.7. The average molecular weight is 429 g/mol. The molecule has 3 aromatic rings. The van der Waals surface area contributed by atoms with Gasteiger partial charge >= 0.3 is 0 Å². The number of benzene rings is 2. The van der Waals surface area contributed by atoms with E-state index in [2.05, 4.69) is 15.0 Å². The zero-order chi connectivity index (χ0) is 20.4. The van der Waals surface area contributed by atoms with Gasteiger partial charge in [-0.15, -0.1) is 11.3 Å². The van der Waals surface area contributed by atoms with Gasteiger partial charge in [0.1, 0.15) is 18.2 Å². The van der Waals surface area contributed by atoms with Crippen LogP contribution in [-0.2, 0) is 14.8 Å². The number of nitrogens with zero attached hydrogens (tertiary/aromatic N) is 1. The van der Waals surface area contributed by atoms with Crippen LogP contribution in [0.15, 0.2) is 75.9 Å². The maximum absolute atomic E-state index is 13.3. The summed E-state index contributed by atoms with van der Waals surface area (Å²) in [5.41, 5.74) is 1.18. The average Bonchev–Trinajstić information content (AvgIpc) is 3.32. The summed E-state index contributed by atoms with van der Waals surface area (Å²) < 4.78 is 39.9. The molecule has 0 bridgehead atoms. The second kappa shape index (κ2) is 7.76. The molecule has 0 saturated heterocycles. The van der Waals surface area contributed by atoms with Crippen molar-refractivity contribution in [2.75, 3.05) is 6.54 Å². The van der Waals surface area contributed by atoms with Crippen LogP contribution in [0, 0.1) is 5.82 Å². The van der Waals surface area contributed by atoms with Crippen molar-refractivity contribution in [3.8, 4) is 0 Å². The lowest BCUT2D eigenvalue weighted by Crippen LogP contribution is -2.31. The van der Waals surface area contributed by atoms with Crippen LogP contribution in [0.2, 0.25) is 0 Å². The topological polar surface area (TPSA) is 87.6 Å². The van der Waals surface area contributed by atoms with E-state index in [0.717, 1.165) is 10.4 Å². The van der Waals surface area contributed by atoms with Crippen molar-refractivity contribution < 1.29 is 17.6 Å². The van der Waals surface area contributed by atoms with Gasteiger partial charge in [-0.2, -0.15) is 0 Å². The third kappa shape index (κ3) is 4.06. The monoisotopic (exact) mass is 429 g/mol. The SMILES string of the molecule is O=C(CN=C1NS(=O)(=O)c2ccccc21)NC(c1ccc(F)cc1)c1cccs1. The van der Waals surface area contributed by atoms with Crippen LogP contribution >= 0.6 is 11.3 Å². The van der Waals surface area contributed by atoms with Gasteiger partial charge in [0, 0.05) is 10.4 Å². The predicted octanol–water partition coefficient (Wildman–Crippen LogP) is 2.83. The molecule has 29 heavy (non-hydrogen) atoms. The quantitative estimate of drug-likeness (QED) is 0.654. The molecule has 148 valence electrons. The van der Waals surface area contributed by atoms with Crippen molar-refractivity contribution in [2.45, 2.75) is 10.9 Å². The Kier molecular flexibility index (Phi) is 5.16. The number of nitrogens with one attached hydrogen (secondary N) is 2. The van der Waals surface area contributed by atoms with Crippen LogP contribution in [0.4, 0.5) is 4.39 Å². The third-order valence-corrected chi connectivity index (χ3v) is 6.71. The lowest BCUT2D eigenvalue weighted by molar-refractivity contribution is -0.120. The summed E-state index contributed by atoms with van der Waals surface area (Å²) >= 11 is 1.47. The van der Waals surface area contributed by atoms with Crippen molar-refractivity contribution in [3.63, 3.8) is 0 Å². The summed E-state index contributed by atoms with van der Waals surface area (Å²) in [5, 5.41) is 4.78. The summed E-state index contributed by atoms with van der Waals surface area (Å²) in [6, 6.07) is 15.7. The number of fused-ring (bicyclic) bond motifs is 1. The number of amidine groups is 1. The Morgan fingerprint density at radius 1 is 1.10 bits per heavy atom. The number of carbonyl (C=O) groups excluding carboxylic acids is 1. The second-order valence-corrected chi connectivity index (χ2v) is 8.96. The zero-order valence-electron chi connectivity index (χ0n) is 15.0. The molecule has 6 nitrogen and oxygen atoms in total. The number of carbonyl (C=O) groups is 1. The van der Waals surface area contributed by atoms with Gasteiger partial charge < -0.3 is 5.32 Å². The number of sulfonamides is 1.